The summed E-state index contributed by atoms with van der Waals surface area (Å²) in [6.45, 7) is 3.66. The molecule has 0 amide bonds. The van der Waals surface area contributed by atoms with Crippen LogP contribution in [0.25, 0.3) is 10.9 Å². The molecule has 1 aromatic carbocycles. The molecule has 0 saturated carbocycles. The minimum Gasteiger partial charge on any atom is -0.475 e. The fraction of sp³-hybridized carbons (Fsp3) is 0.400. The molecular formula is C20H22F4N4O2. The number of carboxylic acid groups (broad SMARTS) is 1. The molecule has 0 aliphatic carbocycles. The number of aromatic amines is 1. The van der Waals surface area contributed by atoms with Crippen LogP contribution in [-0.4, -0.2) is 31.8 Å². The highest BCUT2D eigenvalue weighted by Gasteiger charge is 2.38. The number of aromatic nitrogens is 3. The van der Waals surface area contributed by atoms with Gasteiger partial charge in [0.05, 0.1) is 11.9 Å². The maximum atomic E-state index is 14.2. The van der Waals surface area contributed by atoms with E-state index in [1.54, 1.807) is 6.07 Å². The second kappa shape index (κ2) is 8.86. The summed E-state index contributed by atoms with van der Waals surface area (Å²) in [4.78, 5) is 16.6. The summed E-state index contributed by atoms with van der Waals surface area (Å²) in [5.41, 5.74) is 2.88. The van der Waals surface area contributed by atoms with Crippen LogP contribution in [0.4, 0.5) is 17.6 Å². The van der Waals surface area contributed by atoms with Crippen LogP contribution in [0, 0.1) is 5.82 Å². The molecule has 1 unspecified atom stereocenters. The predicted molar refractivity (Wildman–Crippen MR) is 102 cm³/mol. The Balaban J connectivity index is 0.000000318. The number of fused-ring (bicyclic) bond motifs is 2. The van der Waals surface area contributed by atoms with Gasteiger partial charge >= 0.3 is 12.1 Å². The van der Waals surface area contributed by atoms with Gasteiger partial charge in [-0.15, -0.1) is 0 Å². The van der Waals surface area contributed by atoms with Gasteiger partial charge in [0, 0.05) is 48.2 Å². The van der Waals surface area contributed by atoms with Crippen molar-refractivity contribution in [3.05, 3.63) is 53.5 Å². The number of aliphatic carboxylic acids is 1. The molecule has 4 rings (SSSR count). The Labute approximate surface area is 169 Å². The van der Waals surface area contributed by atoms with Crippen molar-refractivity contribution in [3.8, 4) is 0 Å². The number of carbonyl (C=O) groups is 1. The van der Waals surface area contributed by atoms with Gasteiger partial charge < -0.3 is 20.0 Å². The van der Waals surface area contributed by atoms with E-state index >= 15 is 0 Å². The van der Waals surface area contributed by atoms with E-state index in [4.69, 9.17) is 9.90 Å². The Morgan fingerprint density at radius 3 is 2.77 bits per heavy atom. The summed E-state index contributed by atoms with van der Waals surface area (Å²) in [6.07, 6.45) is 2.22. The number of nitrogens with zero attached hydrogens (tertiary/aromatic N) is 2. The molecular weight excluding hydrogens is 404 g/mol. The lowest BCUT2D eigenvalue weighted by Gasteiger charge is -2.21. The van der Waals surface area contributed by atoms with Crippen LogP contribution < -0.4 is 5.32 Å². The number of benzene rings is 1. The highest BCUT2D eigenvalue weighted by atomic mass is 19.4. The van der Waals surface area contributed by atoms with Gasteiger partial charge in [-0.3, -0.25) is 0 Å². The van der Waals surface area contributed by atoms with Gasteiger partial charge in [-0.2, -0.15) is 13.2 Å². The summed E-state index contributed by atoms with van der Waals surface area (Å²) in [5.74, 6) is -1.74. The molecule has 0 fully saturated rings. The lowest BCUT2D eigenvalue weighted by molar-refractivity contribution is -0.192. The van der Waals surface area contributed by atoms with Crippen molar-refractivity contribution < 1.29 is 27.5 Å². The van der Waals surface area contributed by atoms with Crippen LogP contribution in [0.1, 0.15) is 42.9 Å². The second-order valence-electron chi connectivity index (χ2n) is 7.08. The molecule has 30 heavy (non-hydrogen) atoms. The standard InChI is InChI=1S/C18H21FN4.C2HF3O2/c1-12(17-11-22-18-4-2-3-9-23(17)18)21-10-14-13-7-8-20-16(13)6-5-15(14)19;3-2(4,5)1(6)7/h5-8,11-12,20-21H,2-4,9-10H2,1H3;(H,6,7). The smallest absolute Gasteiger partial charge is 0.475 e. The van der Waals surface area contributed by atoms with Gasteiger partial charge in [0.1, 0.15) is 11.6 Å². The number of hydrogen-bond acceptors (Lipinski definition) is 3. The molecule has 1 atom stereocenters. The van der Waals surface area contributed by atoms with Crippen molar-refractivity contribution in [2.45, 2.75) is 51.5 Å². The highest BCUT2D eigenvalue weighted by Crippen LogP contribution is 2.24. The number of imidazole rings is 1. The van der Waals surface area contributed by atoms with Crippen LogP contribution >= 0.6 is 0 Å². The second-order valence-corrected chi connectivity index (χ2v) is 7.08. The third kappa shape index (κ3) is 4.81. The summed E-state index contributed by atoms with van der Waals surface area (Å²) in [5, 5.41) is 11.5. The topological polar surface area (TPSA) is 82.9 Å². The van der Waals surface area contributed by atoms with Gasteiger partial charge in [-0.1, -0.05) is 0 Å². The van der Waals surface area contributed by atoms with Crippen molar-refractivity contribution in [3.63, 3.8) is 0 Å². The molecule has 0 bridgehead atoms. The first-order valence-corrected chi connectivity index (χ1v) is 9.50. The monoisotopic (exact) mass is 426 g/mol. The molecule has 0 spiro atoms. The number of H-pyrrole nitrogens is 1. The number of carboxylic acids is 1. The summed E-state index contributed by atoms with van der Waals surface area (Å²) < 4.78 is 48.2. The molecule has 2 aromatic heterocycles. The van der Waals surface area contributed by atoms with E-state index in [1.165, 1.54) is 30.4 Å². The fourth-order valence-corrected chi connectivity index (χ4v) is 3.49. The Morgan fingerprint density at radius 1 is 1.33 bits per heavy atom. The Kier molecular flexibility index (Phi) is 6.45. The average Bonchev–Trinajstić information content (AvgIpc) is 3.33. The summed E-state index contributed by atoms with van der Waals surface area (Å²) >= 11 is 0. The van der Waals surface area contributed by atoms with E-state index in [1.807, 2.05) is 18.5 Å². The van der Waals surface area contributed by atoms with E-state index in [-0.39, 0.29) is 11.9 Å². The summed E-state index contributed by atoms with van der Waals surface area (Å²) in [6, 6.07) is 5.38. The third-order valence-electron chi connectivity index (χ3n) is 5.06. The number of rotatable bonds is 4. The maximum Gasteiger partial charge on any atom is 0.490 e. The summed E-state index contributed by atoms with van der Waals surface area (Å²) in [7, 11) is 0. The number of aryl methyl sites for hydroxylation is 1. The van der Waals surface area contributed by atoms with Crippen LogP contribution in [0.5, 0.6) is 0 Å². The number of hydrogen-bond donors (Lipinski definition) is 3. The van der Waals surface area contributed by atoms with Crippen molar-refractivity contribution >= 4 is 16.9 Å². The van der Waals surface area contributed by atoms with Gasteiger partial charge in [-0.05, 0) is 38.0 Å². The lowest BCUT2D eigenvalue weighted by Crippen LogP contribution is -2.23. The van der Waals surface area contributed by atoms with Gasteiger partial charge in [0.25, 0.3) is 0 Å². The molecule has 0 radical (unpaired) electrons. The number of alkyl halides is 3. The van der Waals surface area contributed by atoms with E-state index in [0.29, 0.717) is 12.1 Å². The molecule has 3 aromatic rings. The largest absolute Gasteiger partial charge is 0.490 e. The molecule has 1 aliphatic rings. The Hall–Kier alpha value is -2.88. The van der Waals surface area contributed by atoms with E-state index in [0.717, 1.165) is 23.9 Å². The molecule has 10 heteroatoms. The Bertz CT molecular complexity index is 1030. The van der Waals surface area contributed by atoms with Crippen molar-refractivity contribution in [1.82, 2.24) is 19.9 Å². The normalized spacial score (nSPS) is 14.7. The SMILES string of the molecule is CC(NCc1c(F)ccc2[nH]ccc12)c1cnc2n1CCCC2.O=C(O)C(F)(F)F. The molecule has 6 nitrogen and oxygen atoms in total. The highest BCUT2D eigenvalue weighted by molar-refractivity contribution is 5.83. The zero-order valence-corrected chi connectivity index (χ0v) is 16.3. The molecule has 3 heterocycles. The van der Waals surface area contributed by atoms with Crippen LogP contribution in [0.3, 0.4) is 0 Å². The van der Waals surface area contributed by atoms with Gasteiger partial charge in [0.15, 0.2) is 0 Å². The van der Waals surface area contributed by atoms with E-state index < -0.39 is 12.1 Å². The lowest BCUT2D eigenvalue weighted by atomic mass is 10.1. The van der Waals surface area contributed by atoms with Crippen molar-refractivity contribution in [2.24, 2.45) is 0 Å². The first kappa shape index (κ1) is 21.8. The van der Waals surface area contributed by atoms with Gasteiger partial charge in [0.2, 0.25) is 0 Å². The third-order valence-corrected chi connectivity index (χ3v) is 5.06. The molecule has 1 aliphatic heterocycles. The minimum atomic E-state index is -5.08. The van der Waals surface area contributed by atoms with E-state index in [2.05, 4.69) is 26.8 Å². The van der Waals surface area contributed by atoms with Gasteiger partial charge in [-0.25, -0.2) is 14.2 Å². The van der Waals surface area contributed by atoms with Crippen molar-refractivity contribution in [1.29, 1.82) is 0 Å². The zero-order chi connectivity index (χ0) is 21.9. The first-order valence-electron chi connectivity index (χ1n) is 9.50. The minimum absolute atomic E-state index is 0.142. The van der Waals surface area contributed by atoms with Crippen LogP contribution in [0.15, 0.2) is 30.6 Å². The fourth-order valence-electron chi connectivity index (χ4n) is 3.49. The number of halogens is 4. The van der Waals surface area contributed by atoms with Crippen LogP contribution in [-0.2, 0) is 24.3 Å². The number of nitrogens with one attached hydrogen (secondary N) is 2. The van der Waals surface area contributed by atoms with Crippen molar-refractivity contribution in [2.75, 3.05) is 0 Å². The quantitative estimate of drug-likeness (QED) is 0.543. The van der Waals surface area contributed by atoms with E-state index in [9.17, 15) is 17.6 Å². The molecule has 162 valence electrons. The average molecular weight is 426 g/mol. The predicted octanol–water partition coefficient (Wildman–Crippen LogP) is 4.32. The molecule has 0 saturated heterocycles. The Morgan fingerprint density at radius 2 is 2.07 bits per heavy atom. The maximum absolute atomic E-state index is 14.2. The zero-order valence-electron chi connectivity index (χ0n) is 16.3. The molecule has 3 N–H and O–H groups in total. The first-order chi connectivity index (χ1) is 14.2. The van der Waals surface area contributed by atoms with Crippen LogP contribution in [0.2, 0.25) is 0 Å².